The molecule has 1 atom stereocenters. The minimum atomic E-state index is -4.48. The van der Waals surface area contributed by atoms with Crippen LogP contribution in [0.25, 0.3) is 0 Å². The molecule has 0 saturated heterocycles. The highest BCUT2D eigenvalue weighted by Crippen LogP contribution is 2.47. The molecule has 0 radical (unpaired) electrons. The highest BCUT2D eigenvalue weighted by molar-refractivity contribution is 6.04. The van der Waals surface area contributed by atoms with Crippen LogP contribution in [0.3, 0.4) is 0 Å². The Labute approximate surface area is 173 Å². The third kappa shape index (κ3) is 4.06. The van der Waals surface area contributed by atoms with Gasteiger partial charge in [0.15, 0.2) is 5.78 Å². The lowest BCUT2D eigenvalue weighted by Crippen LogP contribution is -2.39. The maximum atomic E-state index is 13.1. The number of ketones is 1. The first-order valence-corrected chi connectivity index (χ1v) is 9.74. The van der Waals surface area contributed by atoms with Gasteiger partial charge in [0.25, 0.3) is 0 Å². The Bertz CT molecular complexity index is 953. The first-order chi connectivity index (χ1) is 14.0. The summed E-state index contributed by atoms with van der Waals surface area (Å²) in [6.45, 7) is 9.24. The van der Waals surface area contributed by atoms with E-state index in [1.165, 1.54) is 12.1 Å². The molecule has 1 aromatic carbocycles. The number of hydrogen-bond acceptors (Lipinski definition) is 4. The highest BCUT2D eigenvalue weighted by Gasteiger charge is 2.43. The van der Waals surface area contributed by atoms with Crippen LogP contribution in [0.1, 0.15) is 57.1 Å². The predicted octanol–water partition coefficient (Wildman–Crippen LogP) is 5.39. The van der Waals surface area contributed by atoms with Crippen molar-refractivity contribution < 1.29 is 27.5 Å². The summed E-state index contributed by atoms with van der Waals surface area (Å²) < 4.78 is 44.1. The Kier molecular flexibility index (Phi) is 5.67. The molecule has 1 aromatic rings. The van der Waals surface area contributed by atoms with Gasteiger partial charge in [0, 0.05) is 29.3 Å². The van der Waals surface area contributed by atoms with Crippen molar-refractivity contribution in [3.63, 3.8) is 0 Å². The fourth-order valence-corrected chi connectivity index (χ4v) is 4.21. The van der Waals surface area contributed by atoms with Gasteiger partial charge in [-0.2, -0.15) is 13.2 Å². The van der Waals surface area contributed by atoms with Gasteiger partial charge in [-0.15, -0.1) is 0 Å². The predicted molar refractivity (Wildman–Crippen MR) is 106 cm³/mol. The lowest BCUT2D eigenvalue weighted by Gasteiger charge is -2.39. The van der Waals surface area contributed by atoms with Crippen LogP contribution in [-0.4, -0.2) is 11.8 Å². The number of benzene rings is 1. The van der Waals surface area contributed by atoms with E-state index < -0.39 is 23.6 Å². The van der Waals surface area contributed by atoms with Gasteiger partial charge in [0.2, 0.25) is 0 Å². The van der Waals surface area contributed by atoms with Crippen molar-refractivity contribution in [2.45, 2.75) is 52.1 Å². The van der Waals surface area contributed by atoms with Crippen LogP contribution in [0.5, 0.6) is 0 Å². The van der Waals surface area contributed by atoms with Crippen LogP contribution in [0.2, 0.25) is 0 Å². The fraction of sp³-hybridized carbons (Fsp3) is 0.391. The zero-order valence-electron chi connectivity index (χ0n) is 17.2. The second kappa shape index (κ2) is 7.78. The van der Waals surface area contributed by atoms with E-state index in [2.05, 4.69) is 11.9 Å². The molecule has 0 spiro atoms. The minimum absolute atomic E-state index is 0.127. The van der Waals surface area contributed by atoms with Crippen LogP contribution in [0.4, 0.5) is 13.2 Å². The molecule has 1 aliphatic heterocycles. The van der Waals surface area contributed by atoms with Gasteiger partial charge in [-0.25, -0.2) is 4.79 Å². The molecule has 7 heteroatoms. The summed E-state index contributed by atoms with van der Waals surface area (Å²) in [4.78, 5) is 25.9. The quantitative estimate of drug-likeness (QED) is 0.525. The normalized spacial score (nSPS) is 21.1. The summed E-state index contributed by atoms with van der Waals surface area (Å²) in [7, 11) is 0. The molecule has 1 heterocycles. The molecule has 0 aromatic heterocycles. The van der Waals surface area contributed by atoms with Gasteiger partial charge in [-0.3, -0.25) is 4.79 Å². The molecule has 1 unspecified atom stereocenters. The average Bonchev–Trinajstić information content (AvgIpc) is 2.65. The number of rotatable bonds is 4. The Morgan fingerprint density at radius 1 is 1.27 bits per heavy atom. The van der Waals surface area contributed by atoms with E-state index in [4.69, 9.17) is 4.74 Å². The molecule has 4 nitrogen and oxygen atoms in total. The molecular weight excluding hydrogens is 395 g/mol. The molecule has 30 heavy (non-hydrogen) atoms. The van der Waals surface area contributed by atoms with E-state index in [0.29, 0.717) is 35.4 Å². The summed E-state index contributed by atoms with van der Waals surface area (Å²) in [5, 5.41) is 3.24. The number of nitrogens with one attached hydrogen (secondary N) is 1. The molecular formula is C23H24F3NO3. The molecule has 2 aliphatic rings. The van der Waals surface area contributed by atoms with Gasteiger partial charge in [0.05, 0.1) is 17.4 Å². The second-order valence-electron chi connectivity index (χ2n) is 8.33. The Morgan fingerprint density at radius 3 is 2.43 bits per heavy atom. The minimum Gasteiger partial charge on any atom is -0.432 e. The number of ether oxygens (including phenoxy) is 1. The topological polar surface area (TPSA) is 55.4 Å². The van der Waals surface area contributed by atoms with Gasteiger partial charge < -0.3 is 10.1 Å². The molecule has 0 saturated carbocycles. The number of dihydropyridines is 1. The molecule has 3 rings (SSSR count). The zero-order chi connectivity index (χ0) is 22.3. The van der Waals surface area contributed by atoms with Crippen LogP contribution in [0.15, 0.2) is 59.6 Å². The van der Waals surface area contributed by atoms with Crippen LogP contribution < -0.4 is 5.32 Å². The third-order valence-electron chi connectivity index (χ3n) is 5.46. The zero-order valence-corrected chi connectivity index (χ0v) is 17.2. The Balaban J connectivity index is 2.20. The first-order valence-electron chi connectivity index (χ1n) is 9.74. The second-order valence-corrected chi connectivity index (χ2v) is 8.33. The van der Waals surface area contributed by atoms with E-state index in [0.717, 1.165) is 18.4 Å². The number of carbonyl (C=O) groups is 2. The summed E-state index contributed by atoms with van der Waals surface area (Å²) in [6.07, 6.45) is -2.13. The SMILES string of the molecule is C=COC(=O)C1=C(CC)NC2=C(C(=O)CC(C)(C)C2)C1c1ccc(C(F)(F)F)cc1. The van der Waals surface area contributed by atoms with Crippen molar-refractivity contribution in [2.24, 2.45) is 5.41 Å². The standard InChI is InChI=1S/C23H24F3NO3/c1-5-15-20(21(29)30-6-2)18(13-7-9-14(10-8-13)23(24,25)26)19-16(27-15)11-22(3,4)12-17(19)28/h6-10,18,27H,2,5,11-12H2,1,3-4H3. The summed E-state index contributed by atoms with van der Waals surface area (Å²) >= 11 is 0. The summed E-state index contributed by atoms with van der Waals surface area (Å²) in [5.41, 5.74) is 1.34. The monoisotopic (exact) mass is 419 g/mol. The first kappa shape index (κ1) is 21.9. The van der Waals surface area contributed by atoms with Gasteiger partial charge in [0.1, 0.15) is 0 Å². The van der Waals surface area contributed by atoms with Gasteiger partial charge in [-0.1, -0.05) is 39.5 Å². The van der Waals surface area contributed by atoms with Crippen molar-refractivity contribution in [2.75, 3.05) is 0 Å². The molecule has 1 aliphatic carbocycles. The number of halogens is 3. The summed E-state index contributed by atoms with van der Waals surface area (Å²) in [6, 6.07) is 4.59. The number of esters is 1. The number of carbonyl (C=O) groups excluding carboxylic acids is 2. The van der Waals surface area contributed by atoms with Crippen molar-refractivity contribution in [3.05, 3.63) is 70.8 Å². The summed E-state index contributed by atoms with van der Waals surface area (Å²) in [5.74, 6) is -1.60. The van der Waals surface area contributed by atoms with E-state index in [1.807, 2.05) is 20.8 Å². The van der Waals surface area contributed by atoms with E-state index in [-0.39, 0.29) is 23.2 Å². The largest absolute Gasteiger partial charge is 0.432 e. The van der Waals surface area contributed by atoms with Gasteiger partial charge in [-0.05, 0) is 36.0 Å². The number of hydrogen-bond donors (Lipinski definition) is 1. The van der Waals surface area contributed by atoms with Crippen molar-refractivity contribution in [1.82, 2.24) is 5.32 Å². The Morgan fingerprint density at radius 2 is 1.90 bits per heavy atom. The lowest BCUT2D eigenvalue weighted by atomic mass is 9.68. The number of alkyl halides is 3. The van der Waals surface area contributed by atoms with E-state index in [9.17, 15) is 22.8 Å². The van der Waals surface area contributed by atoms with Crippen molar-refractivity contribution >= 4 is 11.8 Å². The van der Waals surface area contributed by atoms with Crippen LogP contribution in [0, 0.1) is 5.41 Å². The maximum absolute atomic E-state index is 13.1. The lowest BCUT2D eigenvalue weighted by molar-refractivity contribution is -0.137. The third-order valence-corrected chi connectivity index (χ3v) is 5.46. The Hall–Kier alpha value is -2.83. The highest BCUT2D eigenvalue weighted by atomic mass is 19.4. The van der Waals surface area contributed by atoms with Gasteiger partial charge >= 0.3 is 12.1 Å². The molecule has 1 N–H and O–H groups in total. The smallest absolute Gasteiger partial charge is 0.416 e. The molecule has 160 valence electrons. The molecule has 0 bridgehead atoms. The van der Waals surface area contributed by atoms with Crippen molar-refractivity contribution in [1.29, 1.82) is 0 Å². The molecule has 0 amide bonds. The van der Waals surface area contributed by atoms with E-state index in [1.54, 1.807) is 0 Å². The maximum Gasteiger partial charge on any atom is 0.416 e. The molecule has 0 fully saturated rings. The van der Waals surface area contributed by atoms with E-state index >= 15 is 0 Å². The average molecular weight is 419 g/mol. The number of allylic oxidation sites excluding steroid dienone is 3. The van der Waals surface area contributed by atoms with Crippen LogP contribution in [-0.2, 0) is 20.5 Å². The van der Waals surface area contributed by atoms with Crippen molar-refractivity contribution in [3.8, 4) is 0 Å². The van der Waals surface area contributed by atoms with Crippen LogP contribution >= 0.6 is 0 Å². The number of Topliss-reactive ketones (excluding diaryl/α,β-unsaturated/α-hetero) is 1. The fourth-order valence-electron chi connectivity index (χ4n) is 4.21.